The van der Waals surface area contributed by atoms with E-state index < -0.39 is 12.1 Å². The molecule has 1 aromatic heterocycles. The normalized spacial score (nSPS) is 14.9. The van der Waals surface area contributed by atoms with Crippen molar-refractivity contribution < 1.29 is 10.2 Å². The molecule has 4 N–H and O–H groups in total. The summed E-state index contributed by atoms with van der Waals surface area (Å²) >= 11 is 0. The number of aromatic nitrogens is 1. The Morgan fingerprint density at radius 2 is 2.00 bits per heavy atom. The van der Waals surface area contributed by atoms with Crippen molar-refractivity contribution in [2.75, 3.05) is 6.61 Å². The van der Waals surface area contributed by atoms with Gasteiger partial charge in [0, 0.05) is 17.1 Å². The summed E-state index contributed by atoms with van der Waals surface area (Å²) in [4.78, 5) is 4.22. The van der Waals surface area contributed by atoms with Gasteiger partial charge in [-0.05, 0) is 6.07 Å². The molecule has 2 aromatic rings. The van der Waals surface area contributed by atoms with Crippen molar-refractivity contribution in [1.82, 2.24) is 4.98 Å². The number of nitrogens with zero attached hydrogens (tertiary/aromatic N) is 1. The summed E-state index contributed by atoms with van der Waals surface area (Å²) < 4.78 is 0. The topological polar surface area (TPSA) is 79.4 Å². The molecule has 84 valence electrons. The molecule has 0 fully saturated rings. The molecule has 2 rings (SSSR count). The van der Waals surface area contributed by atoms with Crippen LogP contribution in [0.4, 0.5) is 0 Å². The number of aliphatic hydroxyl groups is 2. The smallest absolute Gasteiger partial charge is 0.0984 e. The standard InChI is InChI=1S/C12H14N2O2/c13-10(7-15)12(16)9-5-1-3-8-4-2-6-14-11(8)9/h1-6,10,12,15-16H,7,13H2. The van der Waals surface area contributed by atoms with Crippen LogP contribution in [-0.4, -0.2) is 27.8 Å². The van der Waals surface area contributed by atoms with E-state index in [1.165, 1.54) is 0 Å². The van der Waals surface area contributed by atoms with Crippen LogP contribution >= 0.6 is 0 Å². The molecule has 0 bridgehead atoms. The molecule has 0 aliphatic heterocycles. The van der Waals surface area contributed by atoms with Crippen LogP contribution < -0.4 is 5.73 Å². The fourth-order valence-electron chi connectivity index (χ4n) is 1.70. The van der Waals surface area contributed by atoms with Crippen molar-refractivity contribution >= 4 is 10.9 Å². The van der Waals surface area contributed by atoms with Gasteiger partial charge in [0.25, 0.3) is 0 Å². The highest BCUT2D eigenvalue weighted by atomic mass is 16.3. The van der Waals surface area contributed by atoms with Crippen LogP contribution in [0.2, 0.25) is 0 Å². The van der Waals surface area contributed by atoms with Gasteiger partial charge in [-0.15, -0.1) is 0 Å². The molecular formula is C12H14N2O2. The zero-order valence-corrected chi connectivity index (χ0v) is 8.74. The first kappa shape index (κ1) is 11.0. The summed E-state index contributed by atoms with van der Waals surface area (Å²) in [6.07, 6.45) is 0.770. The van der Waals surface area contributed by atoms with Crippen LogP contribution in [0.5, 0.6) is 0 Å². The van der Waals surface area contributed by atoms with E-state index in [0.29, 0.717) is 5.56 Å². The number of hydrogen-bond donors (Lipinski definition) is 3. The minimum Gasteiger partial charge on any atom is -0.395 e. The van der Waals surface area contributed by atoms with E-state index in [9.17, 15) is 5.11 Å². The summed E-state index contributed by atoms with van der Waals surface area (Å²) in [6.45, 7) is -0.260. The van der Waals surface area contributed by atoms with Crippen molar-refractivity contribution in [2.45, 2.75) is 12.1 Å². The molecule has 0 saturated heterocycles. The molecule has 0 spiro atoms. The highest BCUT2D eigenvalue weighted by Gasteiger charge is 2.18. The fraction of sp³-hybridized carbons (Fsp3) is 0.250. The fourth-order valence-corrected chi connectivity index (χ4v) is 1.70. The van der Waals surface area contributed by atoms with Crippen molar-refractivity contribution in [1.29, 1.82) is 0 Å². The van der Waals surface area contributed by atoms with E-state index in [0.717, 1.165) is 10.9 Å². The van der Waals surface area contributed by atoms with Crippen LogP contribution in [0.15, 0.2) is 36.5 Å². The second kappa shape index (κ2) is 4.57. The first-order chi connectivity index (χ1) is 7.74. The lowest BCUT2D eigenvalue weighted by Crippen LogP contribution is -2.32. The Morgan fingerprint density at radius 3 is 2.75 bits per heavy atom. The highest BCUT2D eigenvalue weighted by molar-refractivity contribution is 5.81. The molecule has 2 unspecified atom stereocenters. The minimum absolute atomic E-state index is 0.260. The van der Waals surface area contributed by atoms with E-state index in [1.54, 1.807) is 12.3 Å². The number of para-hydroxylation sites is 1. The summed E-state index contributed by atoms with van der Waals surface area (Å²) in [5.41, 5.74) is 6.99. The van der Waals surface area contributed by atoms with E-state index in [2.05, 4.69) is 4.98 Å². The second-order valence-corrected chi connectivity index (χ2v) is 3.71. The lowest BCUT2D eigenvalue weighted by atomic mass is 10.0. The van der Waals surface area contributed by atoms with Gasteiger partial charge < -0.3 is 15.9 Å². The van der Waals surface area contributed by atoms with Crippen molar-refractivity contribution in [3.63, 3.8) is 0 Å². The van der Waals surface area contributed by atoms with Gasteiger partial charge in [0.2, 0.25) is 0 Å². The zero-order valence-electron chi connectivity index (χ0n) is 8.74. The van der Waals surface area contributed by atoms with Crippen molar-refractivity contribution in [3.8, 4) is 0 Å². The number of hydrogen-bond acceptors (Lipinski definition) is 4. The average Bonchev–Trinajstić information content (AvgIpc) is 2.36. The molecule has 0 amide bonds. The maximum absolute atomic E-state index is 9.96. The Labute approximate surface area is 93.4 Å². The molecule has 0 radical (unpaired) electrons. The molecule has 0 aliphatic carbocycles. The lowest BCUT2D eigenvalue weighted by molar-refractivity contribution is 0.110. The second-order valence-electron chi connectivity index (χ2n) is 3.71. The van der Waals surface area contributed by atoms with Crippen LogP contribution in [0, 0.1) is 0 Å². The van der Waals surface area contributed by atoms with E-state index in [1.807, 2.05) is 24.3 Å². The number of nitrogens with two attached hydrogens (primary N) is 1. The molecule has 4 heteroatoms. The van der Waals surface area contributed by atoms with E-state index in [-0.39, 0.29) is 6.61 Å². The molecule has 16 heavy (non-hydrogen) atoms. The van der Waals surface area contributed by atoms with Gasteiger partial charge in [-0.2, -0.15) is 0 Å². The van der Waals surface area contributed by atoms with Gasteiger partial charge in [0.05, 0.1) is 24.3 Å². The zero-order chi connectivity index (χ0) is 11.5. The quantitative estimate of drug-likeness (QED) is 0.704. The van der Waals surface area contributed by atoms with Gasteiger partial charge in [0.1, 0.15) is 0 Å². The van der Waals surface area contributed by atoms with E-state index >= 15 is 0 Å². The van der Waals surface area contributed by atoms with E-state index in [4.69, 9.17) is 10.8 Å². The van der Waals surface area contributed by atoms with Crippen LogP contribution in [0.1, 0.15) is 11.7 Å². The Morgan fingerprint density at radius 1 is 1.25 bits per heavy atom. The van der Waals surface area contributed by atoms with Gasteiger partial charge in [-0.25, -0.2) is 0 Å². The predicted octanol–water partition coefficient (Wildman–Crippen LogP) is 0.588. The predicted molar refractivity (Wildman–Crippen MR) is 61.8 cm³/mol. The lowest BCUT2D eigenvalue weighted by Gasteiger charge is -2.17. The molecule has 2 atom stereocenters. The minimum atomic E-state index is -0.899. The highest BCUT2D eigenvalue weighted by Crippen LogP contribution is 2.23. The summed E-state index contributed by atoms with van der Waals surface area (Å²) in [6, 6.07) is 8.60. The van der Waals surface area contributed by atoms with Crippen LogP contribution in [0.25, 0.3) is 10.9 Å². The van der Waals surface area contributed by atoms with Gasteiger partial charge >= 0.3 is 0 Å². The van der Waals surface area contributed by atoms with Crippen molar-refractivity contribution in [2.24, 2.45) is 5.73 Å². The number of rotatable bonds is 3. The third-order valence-electron chi connectivity index (χ3n) is 2.60. The first-order valence-corrected chi connectivity index (χ1v) is 5.12. The maximum Gasteiger partial charge on any atom is 0.0984 e. The number of aliphatic hydroxyl groups excluding tert-OH is 2. The Bertz CT molecular complexity index is 482. The molecular weight excluding hydrogens is 204 g/mol. The Balaban J connectivity index is 2.52. The first-order valence-electron chi connectivity index (χ1n) is 5.12. The molecule has 1 aromatic carbocycles. The van der Waals surface area contributed by atoms with Gasteiger partial charge in [-0.1, -0.05) is 24.3 Å². The van der Waals surface area contributed by atoms with Crippen molar-refractivity contribution in [3.05, 3.63) is 42.1 Å². The Hall–Kier alpha value is -1.49. The maximum atomic E-state index is 9.96. The summed E-state index contributed by atoms with van der Waals surface area (Å²) in [5.74, 6) is 0. The largest absolute Gasteiger partial charge is 0.395 e. The molecule has 0 saturated carbocycles. The third kappa shape index (κ3) is 1.90. The third-order valence-corrected chi connectivity index (χ3v) is 2.60. The SMILES string of the molecule is NC(CO)C(O)c1cccc2cccnc12. The molecule has 4 nitrogen and oxygen atoms in total. The number of fused-ring (bicyclic) bond motifs is 1. The van der Waals surface area contributed by atoms with Crippen LogP contribution in [0.3, 0.4) is 0 Å². The average molecular weight is 218 g/mol. The number of pyridine rings is 1. The summed E-state index contributed by atoms with van der Waals surface area (Å²) in [7, 11) is 0. The Kier molecular flexibility index (Phi) is 3.14. The monoisotopic (exact) mass is 218 g/mol. The number of benzene rings is 1. The molecule has 1 heterocycles. The van der Waals surface area contributed by atoms with Crippen LogP contribution in [-0.2, 0) is 0 Å². The van der Waals surface area contributed by atoms with Gasteiger partial charge in [-0.3, -0.25) is 4.98 Å². The molecule has 0 aliphatic rings. The summed E-state index contributed by atoms with van der Waals surface area (Å²) in [5, 5.41) is 19.8. The van der Waals surface area contributed by atoms with Gasteiger partial charge in [0.15, 0.2) is 0 Å².